The van der Waals surface area contributed by atoms with Gasteiger partial charge in [-0.2, -0.15) is 0 Å². The van der Waals surface area contributed by atoms with Gasteiger partial charge < -0.3 is 5.32 Å². The standard InChI is InChI=1S/C16H27N3/c1-4-19-12-11-18(13-15(19)3)10-9-17-16-7-5-14(2)6-8-16/h5-8,15,17H,4,9-13H2,1-3H3. The summed E-state index contributed by atoms with van der Waals surface area (Å²) >= 11 is 0. The summed E-state index contributed by atoms with van der Waals surface area (Å²) in [6.07, 6.45) is 0. The Morgan fingerprint density at radius 3 is 2.58 bits per heavy atom. The van der Waals surface area contributed by atoms with Gasteiger partial charge in [0.2, 0.25) is 0 Å². The zero-order valence-corrected chi connectivity index (χ0v) is 12.5. The molecule has 0 spiro atoms. The molecular formula is C16H27N3. The molecule has 3 heteroatoms. The average molecular weight is 261 g/mol. The molecule has 0 radical (unpaired) electrons. The molecule has 1 aliphatic rings. The van der Waals surface area contributed by atoms with Crippen LogP contribution in [0.2, 0.25) is 0 Å². The first-order valence-corrected chi connectivity index (χ1v) is 7.46. The fraction of sp³-hybridized carbons (Fsp3) is 0.625. The third kappa shape index (κ3) is 4.22. The van der Waals surface area contributed by atoms with Crippen molar-refractivity contribution in [3.8, 4) is 0 Å². The molecule has 0 bridgehead atoms. The van der Waals surface area contributed by atoms with Gasteiger partial charge in [0, 0.05) is 44.5 Å². The Morgan fingerprint density at radius 2 is 1.95 bits per heavy atom. The fourth-order valence-corrected chi connectivity index (χ4v) is 2.77. The minimum absolute atomic E-state index is 0.693. The smallest absolute Gasteiger partial charge is 0.0340 e. The maximum Gasteiger partial charge on any atom is 0.0340 e. The van der Waals surface area contributed by atoms with Gasteiger partial charge in [0.1, 0.15) is 0 Å². The average Bonchev–Trinajstić information content (AvgIpc) is 2.41. The number of benzene rings is 1. The van der Waals surface area contributed by atoms with E-state index in [0.29, 0.717) is 6.04 Å². The van der Waals surface area contributed by atoms with E-state index in [1.165, 1.54) is 37.4 Å². The molecule has 19 heavy (non-hydrogen) atoms. The lowest BCUT2D eigenvalue weighted by Gasteiger charge is -2.39. The number of aryl methyl sites for hydroxylation is 1. The number of nitrogens with one attached hydrogen (secondary N) is 1. The minimum atomic E-state index is 0.693. The van der Waals surface area contributed by atoms with Gasteiger partial charge in [-0.15, -0.1) is 0 Å². The van der Waals surface area contributed by atoms with Crippen LogP contribution in [0.5, 0.6) is 0 Å². The van der Waals surface area contributed by atoms with E-state index in [-0.39, 0.29) is 0 Å². The molecule has 0 amide bonds. The quantitative estimate of drug-likeness (QED) is 0.878. The lowest BCUT2D eigenvalue weighted by molar-refractivity contribution is 0.0910. The number of anilines is 1. The van der Waals surface area contributed by atoms with Crippen LogP contribution in [0.4, 0.5) is 5.69 Å². The fourth-order valence-electron chi connectivity index (χ4n) is 2.77. The van der Waals surface area contributed by atoms with Crippen molar-refractivity contribution in [2.45, 2.75) is 26.8 Å². The van der Waals surface area contributed by atoms with E-state index in [4.69, 9.17) is 0 Å². The van der Waals surface area contributed by atoms with E-state index in [1.54, 1.807) is 0 Å². The Bertz CT molecular complexity index is 374. The topological polar surface area (TPSA) is 18.5 Å². The Balaban J connectivity index is 1.70. The van der Waals surface area contributed by atoms with Crippen LogP contribution in [0, 0.1) is 6.92 Å². The molecule has 3 nitrogen and oxygen atoms in total. The van der Waals surface area contributed by atoms with Gasteiger partial charge in [-0.1, -0.05) is 24.6 Å². The van der Waals surface area contributed by atoms with Crippen molar-refractivity contribution in [2.75, 3.05) is 44.6 Å². The van der Waals surface area contributed by atoms with Crippen molar-refractivity contribution in [2.24, 2.45) is 0 Å². The molecule has 1 atom stereocenters. The van der Waals surface area contributed by atoms with Gasteiger partial charge in [-0.3, -0.25) is 9.80 Å². The van der Waals surface area contributed by atoms with E-state index >= 15 is 0 Å². The van der Waals surface area contributed by atoms with Crippen LogP contribution in [0.25, 0.3) is 0 Å². The molecule has 0 aliphatic carbocycles. The van der Waals surface area contributed by atoms with Crippen LogP contribution in [-0.4, -0.2) is 55.1 Å². The Hall–Kier alpha value is -1.06. The third-order valence-electron chi connectivity index (χ3n) is 4.06. The van der Waals surface area contributed by atoms with Crippen molar-refractivity contribution in [3.05, 3.63) is 29.8 Å². The summed E-state index contributed by atoms with van der Waals surface area (Å²) < 4.78 is 0. The summed E-state index contributed by atoms with van der Waals surface area (Å²) in [5.74, 6) is 0. The number of hydrogen-bond acceptors (Lipinski definition) is 3. The molecule has 2 rings (SSSR count). The van der Waals surface area contributed by atoms with Crippen LogP contribution >= 0.6 is 0 Å². The van der Waals surface area contributed by atoms with Crippen LogP contribution < -0.4 is 5.32 Å². The van der Waals surface area contributed by atoms with E-state index in [0.717, 1.165) is 13.1 Å². The van der Waals surface area contributed by atoms with Gasteiger partial charge in [0.05, 0.1) is 0 Å². The van der Waals surface area contributed by atoms with Gasteiger partial charge in [0.25, 0.3) is 0 Å². The van der Waals surface area contributed by atoms with Crippen molar-refractivity contribution in [1.29, 1.82) is 0 Å². The van der Waals surface area contributed by atoms with Crippen molar-refractivity contribution in [1.82, 2.24) is 9.80 Å². The summed E-state index contributed by atoms with van der Waals surface area (Å²) in [5, 5.41) is 3.50. The predicted molar refractivity (Wildman–Crippen MR) is 82.8 cm³/mol. The van der Waals surface area contributed by atoms with Gasteiger partial charge in [-0.05, 0) is 32.5 Å². The maximum absolute atomic E-state index is 3.50. The molecule has 0 saturated carbocycles. The second-order valence-corrected chi connectivity index (χ2v) is 5.57. The summed E-state index contributed by atoms with van der Waals surface area (Å²) in [5.41, 5.74) is 2.54. The van der Waals surface area contributed by atoms with Gasteiger partial charge in [0.15, 0.2) is 0 Å². The molecule has 1 heterocycles. The molecule has 1 N–H and O–H groups in total. The Labute approximate surface area is 117 Å². The number of likely N-dealkylation sites (N-methyl/N-ethyl adjacent to an activating group) is 1. The minimum Gasteiger partial charge on any atom is -0.384 e. The van der Waals surface area contributed by atoms with Crippen LogP contribution in [0.1, 0.15) is 19.4 Å². The lowest BCUT2D eigenvalue weighted by atomic mass is 10.2. The molecule has 0 aromatic heterocycles. The maximum atomic E-state index is 3.50. The molecular weight excluding hydrogens is 234 g/mol. The van der Waals surface area contributed by atoms with E-state index in [1.807, 2.05) is 0 Å². The highest BCUT2D eigenvalue weighted by Gasteiger charge is 2.21. The van der Waals surface area contributed by atoms with Crippen LogP contribution in [0.15, 0.2) is 24.3 Å². The highest BCUT2D eigenvalue weighted by Crippen LogP contribution is 2.10. The van der Waals surface area contributed by atoms with Crippen molar-refractivity contribution in [3.63, 3.8) is 0 Å². The zero-order chi connectivity index (χ0) is 13.7. The monoisotopic (exact) mass is 261 g/mol. The highest BCUT2D eigenvalue weighted by atomic mass is 15.3. The Kier molecular flexibility index (Phi) is 5.23. The molecule has 1 unspecified atom stereocenters. The number of rotatable bonds is 5. The molecule has 1 aromatic carbocycles. The SMILES string of the molecule is CCN1CCN(CCNc2ccc(C)cc2)CC1C. The summed E-state index contributed by atoms with van der Waals surface area (Å²) in [6.45, 7) is 13.7. The van der Waals surface area contributed by atoms with Crippen molar-refractivity contribution >= 4 is 5.69 Å². The predicted octanol–water partition coefficient (Wildman–Crippen LogP) is 2.43. The van der Waals surface area contributed by atoms with E-state index in [2.05, 4.69) is 60.2 Å². The summed E-state index contributed by atoms with van der Waals surface area (Å²) in [6, 6.07) is 9.33. The first kappa shape index (κ1) is 14.4. The molecule has 106 valence electrons. The zero-order valence-electron chi connectivity index (χ0n) is 12.5. The summed E-state index contributed by atoms with van der Waals surface area (Å²) in [7, 11) is 0. The molecule has 1 aromatic rings. The largest absolute Gasteiger partial charge is 0.384 e. The molecule has 1 fully saturated rings. The first-order chi connectivity index (χ1) is 9.19. The Morgan fingerprint density at radius 1 is 1.21 bits per heavy atom. The number of nitrogens with zero attached hydrogens (tertiary/aromatic N) is 2. The van der Waals surface area contributed by atoms with E-state index in [9.17, 15) is 0 Å². The highest BCUT2D eigenvalue weighted by molar-refractivity contribution is 5.44. The van der Waals surface area contributed by atoms with Gasteiger partial charge >= 0.3 is 0 Å². The second-order valence-electron chi connectivity index (χ2n) is 5.57. The van der Waals surface area contributed by atoms with Crippen LogP contribution in [-0.2, 0) is 0 Å². The third-order valence-corrected chi connectivity index (χ3v) is 4.06. The van der Waals surface area contributed by atoms with Crippen LogP contribution in [0.3, 0.4) is 0 Å². The van der Waals surface area contributed by atoms with E-state index < -0.39 is 0 Å². The first-order valence-electron chi connectivity index (χ1n) is 7.46. The number of hydrogen-bond donors (Lipinski definition) is 1. The van der Waals surface area contributed by atoms with Gasteiger partial charge in [-0.25, -0.2) is 0 Å². The second kappa shape index (κ2) is 6.92. The molecule has 1 aliphatic heterocycles. The lowest BCUT2D eigenvalue weighted by Crippen LogP contribution is -2.52. The summed E-state index contributed by atoms with van der Waals surface area (Å²) in [4.78, 5) is 5.13. The normalized spacial score (nSPS) is 21.5. The number of piperazine rings is 1. The molecule has 1 saturated heterocycles. The van der Waals surface area contributed by atoms with Crippen molar-refractivity contribution < 1.29 is 0 Å².